The predicted molar refractivity (Wildman–Crippen MR) is 68.2 cm³/mol. The smallest absolute Gasteiger partial charge is 0.237 e. The number of pyridine rings is 1. The van der Waals surface area contributed by atoms with E-state index in [1.54, 1.807) is 18.3 Å². The van der Waals surface area contributed by atoms with Crippen LogP contribution in [-0.2, 0) is 6.54 Å². The number of benzene rings is 1. The lowest BCUT2D eigenvalue weighted by Gasteiger charge is -2.06. The summed E-state index contributed by atoms with van der Waals surface area (Å²) < 4.78 is 5.58. The zero-order chi connectivity index (χ0) is 12.8. The summed E-state index contributed by atoms with van der Waals surface area (Å²) in [6.45, 7) is 0.813. The summed E-state index contributed by atoms with van der Waals surface area (Å²) in [7, 11) is 1.90. The second-order valence-corrected chi connectivity index (χ2v) is 3.74. The molecule has 90 valence electrons. The summed E-state index contributed by atoms with van der Waals surface area (Å²) in [6.07, 6.45) is 1.60. The molecule has 0 atom stereocenters. The molecule has 1 aromatic heterocycles. The Hall–Kier alpha value is -2.38. The van der Waals surface area contributed by atoms with Crippen molar-refractivity contribution >= 4 is 0 Å². The van der Waals surface area contributed by atoms with Crippen LogP contribution in [0.1, 0.15) is 11.1 Å². The van der Waals surface area contributed by atoms with E-state index in [0.717, 1.165) is 6.54 Å². The van der Waals surface area contributed by atoms with E-state index < -0.39 is 0 Å². The lowest BCUT2D eigenvalue weighted by atomic mass is 10.2. The standard InChI is InChI=1S/C14H13N3O/c1-16-10-11-4-6-13(7-5-11)18-14-12(9-15)3-2-8-17-14/h2-8,16H,10H2,1H3. The molecule has 0 saturated heterocycles. The van der Waals surface area contributed by atoms with Crippen LogP contribution in [0, 0.1) is 11.3 Å². The van der Waals surface area contributed by atoms with Crippen molar-refractivity contribution in [2.75, 3.05) is 7.05 Å². The summed E-state index contributed by atoms with van der Waals surface area (Å²) >= 11 is 0. The van der Waals surface area contributed by atoms with Gasteiger partial charge in [0.05, 0.1) is 0 Å². The van der Waals surface area contributed by atoms with Crippen molar-refractivity contribution in [3.63, 3.8) is 0 Å². The molecule has 0 radical (unpaired) electrons. The molecule has 0 spiro atoms. The highest BCUT2D eigenvalue weighted by atomic mass is 16.5. The van der Waals surface area contributed by atoms with E-state index in [9.17, 15) is 0 Å². The molecule has 0 aliphatic heterocycles. The second kappa shape index (κ2) is 5.80. The fraction of sp³-hybridized carbons (Fsp3) is 0.143. The zero-order valence-electron chi connectivity index (χ0n) is 10.1. The summed E-state index contributed by atoms with van der Waals surface area (Å²) in [5.41, 5.74) is 1.60. The Balaban J connectivity index is 2.16. The van der Waals surface area contributed by atoms with Gasteiger partial charge in [0.15, 0.2) is 0 Å². The first-order valence-corrected chi connectivity index (χ1v) is 5.60. The van der Waals surface area contributed by atoms with E-state index in [1.807, 2.05) is 37.4 Å². The van der Waals surface area contributed by atoms with Crippen LogP contribution in [0.4, 0.5) is 0 Å². The van der Waals surface area contributed by atoms with Crippen LogP contribution < -0.4 is 10.1 Å². The summed E-state index contributed by atoms with van der Waals surface area (Å²) in [6, 6.07) is 13.1. The van der Waals surface area contributed by atoms with Crippen molar-refractivity contribution in [3.05, 3.63) is 53.7 Å². The maximum absolute atomic E-state index is 8.93. The van der Waals surface area contributed by atoms with Gasteiger partial charge in [-0.15, -0.1) is 0 Å². The monoisotopic (exact) mass is 239 g/mol. The van der Waals surface area contributed by atoms with Crippen molar-refractivity contribution in [2.24, 2.45) is 0 Å². The van der Waals surface area contributed by atoms with E-state index >= 15 is 0 Å². The molecule has 1 N–H and O–H groups in total. The third kappa shape index (κ3) is 2.84. The summed E-state index contributed by atoms with van der Waals surface area (Å²) in [5.74, 6) is 1.01. The Morgan fingerprint density at radius 2 is 2.06 bits per heavy atom. The van der Waals surface area contributed by atoms with Crippen LogP contribution in [0.2, 0.25) is 0 Å². The largest absolute Gasteiger partial charge is 0.438 e. The van der Waals surface area contributed by atoms with Crippen molar-refractivity contribution in [2.45, 2.75) is 6.54 Å². The topological polar surface area (TPSA) is 57.9 Å². The van der Waals surface area contributed by atoms with Crippen LogP contribution in [0.5, 0.6) is 11.6 Å². The minimum absolute atomic E-state index is 0.335. The van der Waals surface area contributed by atoms with Gasteiger partial charge in [-0.1, -0.05) is 12.1 Å². The lowest BCUT2D eigenvalue weighted by molar-refractivity contribution is 0.461. The van der Waals surface area contributed by atoms with Crippen LogP contribution in [0.15, 0.2) is 42.6 Å². The van der Waals surface area contributed by atoms with E-state index in [0.29, 0.717) is 17.2 Å². The van der Waals surface area contributed by atoms with E-state index in [1.165, 1.54) is 5.56 Å². The number of hydrogen-bond acceptors (Lipinski definition) is 4. The van der Waals surface area contributed by atoms with Crippen molar-refractivity contribution in [1.82, 2.24) is 10.3 Å². The third-order valence-electron chi connectivity index (χ3n) is 2.41. The predicted octanol–water partition coefficient (Wildman–Crippen LogP) is 2.46. The molecule has 1 heterocycles. The average Bonchev–Trinajstić information content (AvgIpc) is 2.42. The molecule has 0 bridgehead atoms. The minimum Gasteiger partial charge on any atom is -0.438 e. The van der Waals surface area contributed by atoms with Crippen LogP contribution >= 0.6 is 0 Å². The lowest BCUT2D eigenvalue weighted by Crippen LogP contribution is -2.04. The first-order chi connectivity index (χ1) is 8.83. The third-order valence-corrected chi connectivity index (χ3v) is 2.41. The van der Waals surface area contributed by atoms with Crippen molar-refractivity contribution in [3.8, 4) is 17.7 Å². The molecule has 0 unspecified atom stereocenters. The number of nitrogens with zero attached hydrogens (tertiary/aromatic N) is 2. The molecule has 0 amide bonds. The van der Waals surface area contributed by atoms with Gasteiger partial charge in [0, 0.05) is 12.7 Å². The maximum atomic E-state index is 8.93. The molecule has 0 saturated carbocycles. The normalized spacial score (nSPS) is 9.78. The molecule has 0 fully saturated rings. The molecule has 2 rings (SSSR count). The zero-order valence-corrected chi connectivity index (χ0v) is 10.1. The number of nitriles is 1. The van der Waals surface area contributed by atoms with E-state index in [2.05, 4.69) is 10.3 Å². The SMILES string of the molecule is CNCc1ccc(Oc2ncccc2C#N)cc1. The van der Waals surface area contributed by atoms with Gasteiger partial charge in [-0.2, -0.15) is 5.26 Å². The maximum Gasteiger partial charge on any atom is 0.237 e. The molecular weight excluding hydrogens is 226 g/mol. The highest BCUT2D eigenvalue weighted by Gasteiger charge is 2.04. The number of ether oxygens (including phenoxy) is 1. The quantitative estimate of drug-likeness (QED) is 0.890. The Morgan fingerprint density at radius 1 is 1.28 bits per heavy atom. The Labute approximate surface area is 106 Å². The minimum atomic E-state index is 0.335. The average molecular weight is 239 g/mol. The number of nitrogens with one attached hydrogen (secondary N) is 1. The Bertz CT molecular complexity index is 558. The number of rotatable bonds is 4. The number of aromatic nitrogens is 1. The Morgan fingerprint density at radius 3 is 2.72 bits per heavy atom. The fourth-order valence-electron chi connectivity index (χ4n) is 1.55. The van der Waals surface area contributed by atoms with Crippen LogP contribution in [-0.4, -0.2) is 12.0 Å². The van der Waals surface area contributed by atoms with Gasteiger partial charge in [-0.3, -0.25) is 0 Å². The number of hydrogen-bond donors (Lipinski definition) is 1. The molecule has 4 heteroatoms. The molecule has 0 aliphatic carbocycles. The van der Waals surface area contributed by atoms with Gasteiger partial charge < -0.3 is 10.1 Å². The van der Waals surface area contributed by atoms with Gasteiger partial charge in [0.2, 0.25) is 5.88 Å². The second-order valence-electron chi connectivity index (χ2n) is 3.74. The fourth-order valence-corrected chi connectivity index (χ4v) is 1.55. The van der Waals surface area contributed by atoms with Crippen molar-refractivity contribution in [1.29, 1.82) is 5.26 Å². The van der Waals surface area contributed by atoms with Gasteiger partial charge in [0.25, 0.3) is 0 Å². The molecule has 0 aliphatic rings. The first-order valence-electron chi connectivity index (χ1n) is 5.60. The molecule has 1 aromatic carbocycles. The Kier molecular flexibility index (Phi) is 3.90. The van der Waals surface area contributed by atoms with Gasteiger partial charge >= 0.3 is 0 Å². The highest BCUT2D eigenvalue weighted by molar-refractivity contribution is 5.40. The van der Waals surface area contributed by atoms with E-state index in [-0.39, 0.29) is 0 Å². The molecule has 4 nitrogen and oxygen atoms in total. The highest BCUT2D eigenvalue weighted by Crippen LogP contribution is 2.22. The molecular formula is C14H13N3O. The van der Waals surface area contributed by atoms with Gasteiger partial charge in [0.1, 0.15) is 17.4 Å². The van der Waals surface area contributed by atoms with E-state index in [4.69, 9.17) is 10.00 Å². The summed E-state index contributed by atoms with van der Waals surface area (Å²) in [5, 5.41) is 12.0. The first kappa shape index (κ1) is 12.1. The van der Waals surface area contributed by atoms with Gasteiger partial charge in [-0.25, -0.2) is 4.98 Å². The van der Waals surface area contributed by atoms with Crippen LogP contribution in [0.25, 0.3) is 0 Å². The van der Waals surface area contributed by atoms with Crippen LogP contribution in [0.3, 0.4) is 0 Å². The summed E-state index contributed by atoms with van der Waals surface area (Å²) in [4.78, 5) is 4.05. The van der Waals surface area contributed by atoms with Crippen molar-refractivity contribution < 1.29 is 4.74 Å². The molecule has 18 heavy (non-hydrogen) atoms. The molecule has 2 aromatic rings. The van der Waals surface area contributed by atoms with Gasteiger partial charge in [-0.05, 0) is 36.9 Å².